The van der Waals surface area contributed by atoms with E-state index in [1.807, 2.05) is 48.5 Å². The molecule has 2 N–H and O–H groups in total. The van der Waals surface area contributed by atoms with Gasteiger partial charge in [0.15, 0.2) is 5.54 Å². The van der Waals surface area contributed by atoms with E-state index in [2.05, 4.69) is 0 Å². The molecule has 0 aliphatic carbocycles. The van der Waals surface area contributed by atoms with Crippen LogP contribution in [0.4, 0.5) is 0 Å². The first-order valence-electron chi connectivity index (χ1n) is 6.86. The topological polar surface area (TPSA) is 61.5 Å². The van der Waals surface area contributed by atoms with Gasteiger partial charge in [0.25, 0.3) is 0 Å². The highest BCUT2D eigenvalue weighted by Crippen LogP contribution is 2.22. The molecule has 4 nitrogen and oxygen atoms in total. The molecule has 0 heterocycles. The summed E-state index contributed by atoms with van der Waals surface area (Å²) in [5.41, 5.74) is 5.64. The van der Waals surface area contributed by atoms with Crippen molar-refractivity contribution in [2.75, 3.05) is 13.2 Å². The molecular weight excluding hydrogens is 266 g/mol. The minimum atomic E-state index is -1.33. The second kappa shape index (κ2) is 6.90. The van der Waals surface area contributed by atoms with Gasteiger partial charge in [-0.15, -0.1) is 0 Å². The summed E-state index contributed by atoms with van der Waals surface area (Å²) in [5.74, 6) is 0.166. The molecular formula is C17H19NO3. The maximum Gasteiger partial charge on any atom is 0.334 e. The van der Waals surface area contributed by atoms with Crippen LogP contribution in [0.1, 0.15) is 12.5 Å². The van der Waals surface area contributed by atoms with E-state index in [1.54, 1.807) is 19.1 Å². The summed E-state index contributed by atoms with van der Waals surface area (Å²) in [6.07, 6.45) is 0. The number of para-hydroxylation sites is 1. The average Bonchev–Trinajstić information content (AvgIpc) is 2.54. The summed E-state index contributed by atoms with van der Waals surface area (Å²) in [4.78, 5) is 12.3. The molecule has 1 unspecified atom stereocenters. The first-order chi connectivity index (χ1) is 10.2. The molecule has 0 saturated carbocycles. The molecule has 2 aromatic carbocycles. The molecule has 0 radical (unpaired) electrons. The molecule has 1 atom stereocenters. The van der Waals surface area contributed by atoms with Gasteiger partial charge in [-0.1, -0.05) is 48.5 Å². The van der Waals surface area contributed by atoms with Crippen molar-refractivity contribution in [1.82, 2.24) is 0 Å². The fraction of sp³-hybridized carbons (Fsp3) is 0.235. The third-order valence-electron chi connectivity index (χ3n) is 3.14. The highest BCUT2D eigenvalue weighted by atomic mass is 16.5. The highest BCUT2D eigenvalue weighted by Gasteiger charge is 2.38. The van der Waals surface area contributed by atoms with Crippen LogP contribution < -0.4 is 10.5 Å². The fourth-order valence-electron chi connectivity index (χ4n) is 1.97. The Morgan fingerprint density at radius 3 is 2.19 bits per heavy atom. The van der Waals surface area contributed by atoms with Crippen LogP contribution in [0.2, 0.25) is 0 Å². The van der Waals surface area contributed by atoms with Crippen molar-refractivity contribution < 1.29 is 14.3 Å². The average molecular weight is 285 g/mol. The van der Waals surface area contributed by atoms with E-state index in [9.17, 15) is 4.79 Å². The number of carbonyl (C=O) groups excluding carboxylic acids is 1. The summed E-state index contributed by atoms with van der Waals surface area (Å²) in [6.45, 7) is 2.04. The highest BCUT2D eigenvalue weighted by molar-refractivity contribution is 5.82. The van der Waals surface area contributed by atoms with Crippen LogP contribution in [-0.2, 0) is 15.1 Å². The van der Waals surface area contributed by atoms with Crippen molar-refractivity contribution in [3.8, 4) is 5.75 Å². The first kappa shape index (κ1) is 15.1. The Morgan fingerprint density at radius 2 is 1.62 bits per heavy atom. The summed E-state index contributed by atoms with van der Waals surface area (Å²) >= 11 is 0. The van der Waals surface area contributed by atoms with Crippen LogP contribution in [0.3, 0.4) is 0 Å². The zero-order chi connectivity index (χ0) is 15.1. The van der Waals surface area contributed by atoms with E-state index in [0.717, 1.165) is 0 Å². The number of benzene rings is 2. The SMILES string of the molecule is CCOC(=O)C(N)(COc1ccccc1)c1ccccc1. The van der Waals surface area contributed by atoms with Crippen LogP contribution in [0.5, 0.6) is 5.75 Å². The van der Waals surface area contributed by atoms with Gasteiger partial charge < -0.3 is 15.2 Å². The predicted octanol–water partition coefficient (Wildman–Crippen LogP) is 2.48. The zero-order valence-electron chi connectivity index (χ0n) is 12.0. The number of hydrogen-bond donors (Lipinski definition) is 1. The maximum absolute atomic E-state index is 12.3. The van der Waals surface area contributed by atoms with Crippen LogP contribution in [0, 0.1) is 0 Å². The molecule has 0 amide bonds. The van der Waals surface area contributed by atoms with Gasteiger partial charge in [-0.05, 0) is 24.6 Å². The van der Waals surface area contributed by atoms with E-state index >= 15 is 0 Å². The van der Waals surface area contributed by atoms with Gasteiger partial charge in [-0.2, -0.15) is 0 Å². The molecule has 0 saturated heterocycles. The van der Waals surface area contributed by atoms with Crippen molar-refractivity contribution in [1.29, 1.82) is 0 Å². The number of carbonyl (C=O) groups is 1. The maximum atomic E-state index is 12.3. The molecule has 21 heavy (non-hydrogen) atoms. The van der Waals surface area contributed by atoms with Gasteiger partial charge in [0.2, 0.25) is 0 Å². The standard InChI is InChI=1S/C17H19NO3/c1-2-20-16(19)17(18,14-9-5-3-6-10-14)13-21-15-11-7-4-8-12-15/h3-12H,2,13,18H2,1H3. The Kier molecular flexibility index (Phi) is 4.95. The molecule has 0 aliphatic rings. The Morgan fingerprint density at radius 1 is 1.05 bits per heavy atom. The number of ether oxygens (including phenoxy) is 2. The summed E-state index contributed by atoms with van der Waals surface area (Å²) in [7, 11) is 0. The number of nitrogens with two attached hydrogens (primary N) is 1. The van der Waals surface area contributed by atoms with Gasteiger partial charge in [-0.3, -0.25) is 0 Å². The largest absolute Gasteiger partial charge is 0.491 e. The lowest BCUT2D eigenvalue weighted by molar-refractivity contribution is -0.151. The normalized spacial score (nSPS) is 13.2. The summed E-state index contributed by atoms with van der Waals surface area (Å²) in [5, 5.41) is 0. The Balaban J connectivity index is 2.22. The fourth-order valence-corrected chi connectivity index (χ4v) is 1.97. The van der Waals surface area contributed by atoms with Crippen LogP contribution >= 0.6 is 0 Å². The molecule has 2 aromatic rings. The van der Waals surface area contributed by atoms with E-state index in [4.69, 9.17) is 15.2 Å². The first-order valence-corrected chi connectivity index (χ1v) is 6.86. The number of rotatable bonds is 6. The quantitative estimate of drug-likeness (QED) is 0.828. The van der Waals surface area contributed by atoms with Crippen molar-refractivity contribution >= 4 is 5.97 Å². The lowest BCUT2D eigenvalue weighted by Crippen LogP contribution is -2.50. The van der Waals surface area contributed by atoms with E-state index in [1.165, 1.54) is 0 Å². The Hall–Kier alpha value is -2.33. The number of hydrogen-bond acceptors (Lipinski definition) is 4. The molecule has 0 spiro atoms. The third-order valence-corrected chi connectivity index (χ3v) is 3.14. The van der Waals surface area contributed by atoms with E-state index < -0.39 is 11.5 Å². The minimum Gasteiger partial charge on any atom is -0.491 e. The molecule has 110 valence electrons. The van der Waals surface area contributed by atoms with Gasteiger partial charge in [0, 0.05) is 0 Å². The van der Waals surface area contributed by atoms with Gasteiger partial charge >= 0.3 is 5.97 Å². The molecule has 0 aliphatic heterocycles. The van der Waals surface area contributed by atoms with Crippen molar-refractivity contribution in [3.63, 3.8) is 0 Å². The Labute approximate surface area is 124 Å². The van der Waals surface area contributed by atoms with Crippen molar-refractivity contribution in [3.05, 3.63) is 66.2 Å². The lowest BCUT2D eigenvalue weighted by Gasteiger charge is -2.27. The molecule has 0 bridgehead atoms. The smallest absolute Gasteiger partial charge is 0.334 e. The van der Waals surface area contributed by atoms with Crippen LogP contribution in [0.25, 0.3) is 0 Å². The molecule has 2 rings (SSSR count). The third kappa shape index (κ3) is 3.61. The van der Waals surface area contributed by atoms with Crippen LogP contribution in [0.15, 0.2) is 60.7 Å². The monoisotopic (exact) mass is 285 g/mol. The predicted molar refractivity (Wildman–Crippen MR) is 80.9 cm³/mol. The lowest BCUT2D eigenvalue weighted by atomic mass is 9.92. The zero-order valence-corrected chi connectivity index (χ0v) is 12.0. The Bertz CT molecular complexity index is 571. The van der Waals surface area contributed by atoms with Gasteiger partial charge in [-0.25, -0.2) is 4.79 Å². The van der Waals surface area contributed by atoms with Crippen molar-refractivity contribution in [2.45, 2.75) is 12.5 Å². The summed E-state index contributed by atoms with van der Waals surface area (Å²) < 4.78 is 10.8. The molecule has 0 fully saturated rings. The van der Waals surface area contributed by atoms with Gasteiger partial charge in [0.1, 0.15) is 12.4 Å². The minimum absolute atomic E-state index is 0.0137. The molecule has 4 heteroatoms. The van der Waals surface area contributed by atoms with E-state index in [0.29, 0.717) is 11.3 Å². The van der Waals surface area contributed by atoms with Crippen LogP contribution in [-0.4, -0.2) is 19.2 Å². The second-order valence-electron chi connectivity index (χ2n) is 4.66. The van der Waals surface area contributed by atoms with E-state index in [-0.39, 0.29) is 13.2 Å². The van der Waals surface area contributed by atoms with Gasteiger partial charge in [0.05, 0.1) is 6.61 Å². The molecule has 0 aromatic heterocycles. The van der Waals surface area contributed by atoms with Crippen molar-refractivity contribution in [2.24, 2.45) is 5.73 Å². The second-order valence-corrected chi connectivity index (χ2v) is 4.66. The summed E-state index contributed by atoms with van der Waals surface area (Å²) in [6, 6.07) is 18.4. The number of esters is 1.